The van der Waals surface area contributed by atoms with Crippen molar-refractivity contribution in [2.24, 2.45) is 0 Å². The van der Waals surface area contributed by atoms with Crippen LogP contribution in [0.25, 0.3) is 11.4 Å². The number of hydrogen-bond acceptors (Lipinski definition) is 6. The molecule has 0 atom stereocenters. The second-order valence-electron chi connectivity index (χ2n) is 6.50. The van der Waals surface area contributed by atoms with Crippen molar-refractivity contribution < 1.29 is 23.8 Å². The summed E-state index contributed by atoms with van der Waals surface area (Å²) in [6.45, 7) is 1.08. The predicted octanol–water partition coefficient (Wildman–Crippen LogP) is 3.03. The number of phenols is 1. The third-order valence-corrected chi connectivity index (χ3v) is 4.61. The molecule has 1 N–H and O–H groups in total. The van der Waals surface area contributed by atoms with Gasteiger partial charge in [-0.1, -0.05) is 12.1 Å². The molecule has 1 amide bonds. The standard InChI is InChI=1S/C21H18FN3O4/c1-28-15-5-2-13(3-6-15)12-25-8-9-29-20-16(21(25)27)11-23-19(24-20)14-4-7-18(26)17(22)10-14/h2-7,10-11,26H,8-9,12H2,1H3. The van der Waals surface area contributed by atoms with Gasteiger partial charge in [0, 0.05) is 18.3 Å². The molecule has 0 unspecified atom stereocenters. The number of nitrogens with zero attached hydrogens (tertiary/aromatic N) is 3. The number of benzene rings is 2. The molecule has 1 aromatic heterocycles. The highest BCUT2D eigenvalue weighted by Gasteiger charge is 2.26. The zero-order valence-corrected chi connectivity index (χ0v) is 15.6. The molecule has 8 heteroatoms. The normalized spacial score (nSPS) is 13.4. The van der Waals surface area contributed by atoms with E-state index >= 15 is 0 Å². The van der Waals surface area contributed by atoms with E-state index in [0.717, 1.165) is 17.4 Å². The van der Waals surface area contributed by atoms with Crippen molar-refractivity contribution in [3.8, 4) is 28.8 Å². The van der Waals surface area contributed by atoms with Crippen molar-refractivity contribution in [1.82, 2.24) is 14.9 Å². The molecular formula is C21H18FN3O4. The fraction of sp³-hybridized carbons (Fsp3) is 0.190. The maximum absolute atomic E-state index is 13.6. The van der Waals surface area contributed by atoms with E-state index in [2.05, 4.69) is 9.97 Å². The zero-order valence-electron chi connectivity index (χ0n) is 15.6. The van der Waals surface area contributed by atoms with Gasteiger partial charge in [-0.05, 0) is 35.9 Å². The highest BCUT2D eigenvalue weighted by atomic mass is 19.1. The summed E-state index contributed by atoms with van der Waals surface area (Å²) >= 11 is 0. The largest absolute Gasteiger partial charge is 0.505 e. The highest BCUT2D eigenvalue weighted by molar-refractivity contribution is 5.96. The lowest BCUT2D eigenvalue weighted by atomic mass is 10.1. The first kappa shape index (κ1) is 18.7. The summed E-state index contributed by atoms with van der Waals surface area (Å²) in [5.41, 5.74) is 1.58. The van der Waals surface area contributed by atoms with E-state index in [0.29, 0.717) is 18.7 Å². The molecule has 29 heavy (non-hydrogen) atoms. The number of aromatic nitrogens is 2. The molecule has 0 spiro atoms. The van der Waals surface area contributed by atoms with Gasteiger partial charge >= 0.3 is 0 Å². The third-order valence-electron chi connectivity index (χ3n) is 4.61. The molecule has 4 rings (SSSR count). The molecule has 7 nitrogen and oxygen atoms in total. The molecule has 1 aliphatic heterocycles. The molecule has 0 bridgehead atoms. The number of fused-ring (bicyclic) bond motifs is 1. The summed E-state index contributed by atoms with van der Waals surface area (Å²) in [5, 5.41) is 9.34. The van der Waals surface area contributed by atoms with Crippen LogP contribution in [0.4, 0.5) is 4.39 Å². The van der Waals surface area contributed by atoms with E-state index in [1.54, 1.807) is 12.0 Å². The molecule has 0 fully saturated rings. The van der Waals surface area contributed by atoms with Gasteiger partial charge in [0.05, 0.1) is 13.7 Å². The van der Waals surface area contributed by atoms with E-state index < -0.39 is 11.6 Å². The summed E-state index contributed by atoms with van der Waals surface area (Å²) in [5.74, 6) is -0.356. The lowest BCUT2D eigenvalue weighted by Crippen LogP contribution is -2.31. The monoisotopic (exact) mass is 395 g/mol. The Morgan fingerprint density at radius 1 is 1.24 bits per heavy atom. The van der Waals surface area contributed by atoms with Gasteiger partial charge < -0.3 is 19.5 Å². The first-order valence-electron chi connectivity index (χ1n) is 8.96. The predicted molar refractivity (Wildman–Crippen MR) is 102 cm³/mol. The average molecular weight is 395 g/mol. The van der Waals surface area contributed by atoms with Crippen LogP contribution >= 0.6 is 0 Å². The highest BCUT2D eigenvalue weighted by Crippen LogP contribution is 2.27. The number of ether oxygens (including phenoxy) is 2. The zero-order chi connectivity index (χ0) is 20.4. The Balaban J connectivity index is 1.59. The number of aromatic hydroxyl groups is 1. The summed E-state index contributed by atoms with van der Waals surface area (Å²) in [4.78, 5) is 23.1. The lowest BCUT2D eigenvalue weighted by molar-refractivity contribution is 0.0742. The Bertz CT molecular complexity index is 1060. The minimum atomic E-state index is -0.774. The number of hydrogen-bond donors (Lipinski definition) is 1. The smallest absolute Gasteiger partial charge is 0.261 e. The van der Waals surface area contributed by atoms with Crippen LogP contribution in [0.3, 0.4) is 0 Å². The van der Waals surface area contributed by atoms with Crippen molar-refractivity contribution >= 4 is 5.91 Å². The van der Waals surface area contributed by atoms with Gasteiger partial charge in [0.25, 0.3) is 5.91 Å². The fourth-order valence-corrected chi connectivity index (χ4v) is 3.03. The maximum atomic E-state index is 13.6. The van der Waals surface area contributed by atoms with E-state index in [1.807, 2.05) is 24.3 Å². The van der Waals surface area contributed by atoms with Crippen LogP contribution in [-0.2, 0) is 6.54 Å². The van der Waals surface area contributed by atoms with Gasteiger partial charge in [0.15, 0.2) is 17.4 Å². The topological polar surface area (TPSA) is 84.8 Å². The van der Waals surface area contributed by atoms with Gasteiger partial charge in [-0.2, -0.15) is 4.98 Å². The van der Waals surface area contributed by atoms with Gasteiger partial charge in [0.2, 0.25) is 5.88 Å². The Hall–Kier alpha value is -3.68. The van der Waals surface area contributed by atoms with Gasteiger partial charge in [-0.3, -0.25) is 4.79 Å². The van der Waals surface area contributed by atoms with Crippen LogP contribution in [0.15, 0.2) is 48.7 Å². The van der Waals surface area contributed by atoms with Crippen LogP contribution in [0, 0.1) is 5.82 Å². The van der Waals surface area contributed by atoms with Crippen LogP contribution in [0.2, 0.25) is 0 Å². The molecule has 2 aromatic carbocycles. The second kappa shape index (κ2) is 7.75. The first-order valence-corrected chi connectivity index (χ1v) is 8.96. The number of halogens is 1. The molecule has 148 valence electrons. The Morgan fingerprint density at radius 2 is 2.03 bits per heavy atom. The quantitative estimate of drug-likeness (QED) is 0.731. The molecule has 0 aliphatic carbocycles. The third kappa shape index (κ3) is 3.82. The van der Waals surface area contributed by atoms with Crippen molar-refractivity contribution in [2.75, 3.05) is 20.3 Å². The van der Waals surface area contributed by atoms with E-state index in [9.17, 15) is 14.3 Å². The lowest BCUT2D eigenvalue weighted by Gasteiger charge is -2.19. The summed E-state index contributed by atoms with van der Waals surface area (Å²) in [6.07, 6.45) is 1.39. The molecule has 0 radical (unpaired) electrons. The first-order chi connectivity index (χ1) is 14.0. The summed E-state index contributed by atoms with van der Waals surface area (Å²) in [6, 6.07) is 11.3. The van der Waals surface area contributed by atoms with Gasteiger partial charge in [-0.25, -0.2) is 9.37 Å². The number of carbonyl (C=O) groups excluding carboxylic acids is 1. The molecule has 1 aliphatic rings. The Kier molecular flexibility index (Phi) is 4.99. The molecular weight excluding hydrogens is 377 g/mol. The van der Waals surface area contributed by atoms with Crippen LogP contribution in [0.5, 0.6) is 17.4 Å². The molecule has 0 saturated heterocycles. The van der Waals surface area contributed by atoms with Crippen LogP contribution in [-0.4, -0.2) is 46.1 Å². The van der Waals surface area contributed by atoms with E-state index in [-0.39, 0.29) is 29.8 Å². The summed E-state index contributed by atoms with van der Waals surface area (Å²) < 4.78 is 24.4. The molecule has 0 saturated carbocycles. The van der Waals surface area contributed by atoms with Crippen LogP contribution in [0.1, 0.15) is 15.9 Å². The Morgan fingerprint density at radius 3 is 2.76 bits per heavy atom. The van der Waals surface area contributed by atoms with Crippen molar-refractivity contribution in [2.45, 2.75) is 6.54 Å². The minimum Gasteiger partial charge on any atom is -0.505 e. The van der Waals surface area contributed by atoms with Crippen molar-refractivity contribution in [3.63, 3.8) is 0 Å². The van der Waals surface area contributed by atoms with E-state index in [4.69, 9.17) is 9.47 Å². The second-order valence-corrected chi connectivity index (χ2v) is 6.50. The SMILES string of the molecule is COc1ccc(CN2CCOc3nc(-c4ccc(O)c(F)c4)ncc3C2=O)cc1. The molecule has 3 aromatic rings. The number of rotatable bonds is 4. The van der Waals surface area contributed by atoms with Crippen molar-refractivity contribution in [3.05, 3.63) is 65.6 Å². The number of phenolic OH excluding ortho intramolecular Hbond substituents is 1. The average Bonchev–Trinajstić information content (AvgIpc) is 2.89. The van der Waals surface area contributed by atoms with Gasteiger partial charge in [0.1, 0.15) is 17.9 Å². The molecule has 2 heterocycles. The van der Waals surface area contributed by atoms with Gasteiger partial charge in [-0.15, -0.1) is 0 Å². The summed E-state index contributed by atoms with van der Waals surface area (Å²) in [7, 11) is 1.60. The van der Waals surface area contributed by atoms with E-state index in [1.165, 1.54) is 18.3 Å². The number of carbonyl (C=O) groups is 1. The number of amides is 1. The minimum absolute atomic E-state index is 0.158. The van der Waals surface area contributed by atoms with Crippen LogP contribution < -0.4 is 9.47 Å². The maximum Gasteiger partial charge on any atom is 0.261 e. The fourth-order valence-electron chi connectivity index (χ4n) is 3.03. The number of methoxy groups -OCH3 is 1. The van der Waals surface area contributed by atoms with Crippen molar-refractivity contribution in [1.29, 1.82) is 0 Å². The Labute approximate surface area is 166 Å².